The van der Waals surface area contributed by atoms with Crippen molar-refractivity contribution in [1.82, 2.24) is 0 Å². The van der Waals surface area contributed by atoms with Gasteiger partial charge in [0, 0.05) is 6.61 Å². The van der Waals surface area contributed by atoms with Gasteiger partial charge in [-0.15, -0.1) is 0 Å². The third-order valence-electron chi connectivity index (χ3n) is 8.08. The lowest BCUT2D eigenvalue weighted by molar-refractivity contribution is -0.0118. The van der Waals surface area contributed by atoms with Gasteiger partial charge in [0.2, 0.25) is 0 Å². The molecule has 0 aliphatic heterocycles. The van der Waals surface area contributed by atoms with E-state index in [1.54, 1.807) is 12.7 Å². The van der Waals surface area contributed by atoms with E-state index in [1.807, 2.05) is 0 Å². The summed E-state index contributed by atoms with van der Waals surface area (Å²) in [5, 5.41) is 10.0. The first-order valence-electron chi connectivity index (χ1n) is 9.77. The van der Waals surface area contributed by atoms with Crippen molar-refractivity contribution in [2.45, 2.75) is 52.4 Å². The van der Waals surface area contributed by atoms with Crippen LogP contribution >= 0.6 is 0 Å². The number of aliphatic hydroxyl groups excluding tert-OH is 1. The van der Waals surface area contributed by atoms with E-state index in [1.165, 1.54) is 31.2 Å². The highest BCUT2D eigenvalue weighted by Gasteiger charge is 2.58. The Balaban J connectivity index is 1.72. The van der Waals surface area contributed by atoms with Gasteiger partial charge in [-0.05, 0) is 89.9 Å². The van der Waals surface area contributed by atoms with Crippen molar-refractivity contribution in [3.8, 4) is 5.75 Å². The van der Waals surface area contributed by atoms with Crippen molar-refractivity contribution >= 4 is 0 Å². The fourth-order valence-electron chi connectivity index (χ4n) is 6.94. The molecule has 1 N–H and O–H groups in total. The lowest BCUT2D eigenvalue weighted by atomic mass is 9.52. The fourth-order valence-corrected chi connectivity index (χ4v) is 6.94. The van der Waals surface area contributed by atoms with Crippen molar-refractivity contribution in [3.63, 3.8) is 0 Å². The maximum absolute atomic E-state index is 10.0. The van der Waals surface area contributed by atoms with Gasteiger partial charge in [-0.2, -0.15) is 0 Å². The lowest BCUT2D eigenvalue weighted by Gasteiger charge is -2.53. The summed E-state index contributed by atoms with van der Waals surface area (Å²) in [4.78, 5) is 0. The Bertz CT molecular complexity index is 624. The van der Waals surface area contributed by atoms with Gasteiger partial charge < -0.3 is 9.84 Å². The van der Waals surface area contributed by atoms with Crippen LogP contribution in [0.2, 0.25) is 0 Å². The molecular weight excluding hydrogens is 296 g/mol. The zero-order valence-electron chi connectivity index (χ0n) is 15.6. The first-order chi connectivity index (χ1) is 11.5. The average molecular weight is 328 g/mol. The third-order valence-corrected chi connectivity index (χ3v) is 8.08. The molecule has 0 unspecified atom stereocenters. The molecule has 1 aromatic rings. The van der Waals surface area contributed by atoms with E-state index in [9.17, 15) is 5.11 Å². The van der Waals surface area contributed by atoms with Crippen LogP contribution in [0.1, 0.15) is 57.1 Å². The summed E-state index contributed by atoms with van der Waals surface area (Å²) in [7, 11) is 1.76. The number of methoxy groups -OCH3 is 1. The summed E-state index contributed by atoms with van der Waals surface area (Å²) in [6.07, 6.45) is 5.04. The van der Waals surface area contributed by atoms with E-state index in [0.29, 0.717) is 29.8 Å². The molecule has 0 saturated heterocycles. The maximum Gasteiger partial charge on any atom is 0.119 e. The van der Waals surface area contributed by atoms with Crippen LogP contribution in [0.15, 0.2) is 18.2 Å². The maximum atomic E-state index is 10.0. The van der Waals surface area contributed by atoms with Gasteiger partial charge in [-0.3, -0.25) is 0 Å². The molecule has 0 heterocycles. The quantitative estimate of drug-likeness (QED) is 0.856. The van der Waals surface area contributed by atoms with E-state index in [2.05, 4.69) is 39.0 Å². The Hall–Kier alpha value is -1.02. The van der Waals surface area contributed by atoms with Crippen LogP contribution in [-0.2, 0) is 6.42 Å². The number of ether oxygens (including phenoxy) is 1. The Morgan fingerprint density at radius 3 is 2.75 bits per heavy atom. The first-order valence-corrected chi connectivity index (χ1v) is 9.77. The van der Waals surface area contributed by atoms with Crippen molar-refractivity contribution in [2.24, 2.45) is 35.0 Å². The summed E-state index contributed by atoms with van der Waals surface area (Å²) in [5.74, 6) is 5.13. The SMILES string of the molecule is COc1ccc2c(c1)C[C@@H](C)[C@@H]1[C@@H]2CC[C@@]2(C)[C@@H]1C[C@@H](C)[C@H]2CO. The molecule has 3 aliphatic rings. The number of aliphatic hydroxyl groups is 1. The molecule has 0 radical (unpaired) electrons. The van der Waals surface area contributed by atoms with Crippen LogP contribution in [0.3, 0.4) is 0 Å². The molecule has 0 spiro atoms. The Morgan fingerprint density at radius 1 is 1.25 bits per heavy atom. The van der Waals surface area contributed by atoms with E-state index in [-0.39, 0.29) is 0 Å². The van der Waals surface area contributed by atoms with Crippen LogP contribution in [0.4, 0.5) is 0 Å². The molecule has 0 bridgehead atoms. The Labute approximate surface area is 146 Å². The fraction of sp³-hybridized carbons (Fsp3) is 0.727. The normalized spacial score (nSPS) is 43.7. The molecule has 2 fully saturated rings. The molecule has 24 heavy (non-hydrogen) atoms. The van der Waals surface area contributed by atoms with Crippen LogP contribution < -0.4 is 4.74 Å². The summed E-state index contributed by atoms with van der Waals surface area (Å²) >= 11 is 0. The Kier molecular flexibility index (Phi) is 3.95. The Morgan fingerprint density at radius 2 is 2.04 bits per heavy atom. The predicted octanol–water partition coefficient (Wildman–Crippen LogP) is 4.65. The average Bonchev–Trinajstić information content (AvgIpc) is 2.83. The predicted molar refractivity (Wildman–Crippen MR) is 97.3 cm³/mol. The molecule has 132 valence electrons. The standard InChI is InChI=1S/C22H32O2/c1-13-10-19-21-14(2)9-15-11-16(24-4)5-6-17(15)18(21)7-8-22(19,3)20(13)12-23/h5-6,11,13-14,18-21,23H,7-10,12H2,1-4H3/t13-,14-,18-,19-,20-,21-,22+/m1/s1. The number of fused-ring (bicyclic) bond motifs is 5. The zero-order valence-corrected chi connectivity index (χ0v) is 15.6. The summed E-state index contributed by atoms with van der Waals surface area (Å²) < 4.78 is 5.45. The van der Waals surface area contributed by atoms with Crippen molar-refractivity contribution in [3.05, 3.63) is 29.3 Å². The monoisotopic (exact) mass is 328 g/mol. The van der Waals surface area contributed by atoms with Crippen molar-refractivity contribution < 1.29 is 9.84 Å². The second-order valence-corrected chi connectivity index (χ2v) is 9.08. The highest BCUT2D eigenvalue weighted by Crippen LogP contribution is 2.65. The molecule has 0 aromatic heterocycles. The van der Waals surface area contributed by atoms with Gasteiger partial charge in [0.1, 0.15) is 5.75 Å². The number of rotatable bonds is 2. The lowest BCUT2D eigenvalue weighted by Crippen LogP contribution is -2.46. The zero-order chi connectivity index (χ0) is 17.1. The topological polar surface area (TPSA) is 29.5 Å². The first kappa shape index (κ1) is 16.4. The van der Waals surface area contributed by atoms with Gasteiger partial charge in [0.15, 0.2) is 0 Å². The highest BCUT2D eigenvalue weighted by atomic mass is 16.5. The molecule has 3 aliphatic carbocycles. The van der Waals surface area contributed by atoms with E-state index in [0.717, 1.165) is 23.5 Å². The van der Waals surface area contributed by atoms with E-state index >= 15 is 0 Å². The minimum absolute atomic E-state index is 0.341. The van der Waals surface area contributed by atoms with Gasteiger partial charge in [0.25, 0.3) is 0 Å². The van der Waals surface area contributed by atoms with Crippen LogP contribution in [0.25, 0.3) is 0 Å². The van der Waals surface area contributed by atoms with Crippen LogP contribution in [0.5, 0.6) is 5.75 Å². The summed E-state index contributed by atoms with van der Waals surface area (Å²) in [5.41, 5.74) is 3.44. The van der Waals surface area contributed by atoms with Crippen molar-refractivity contribution in [2.75, 3.05) is 13.7 Å². The van der Waals surface area contributed by atoms with Crippen LogP contribution in [-0.4, -0.2) is 18.8 Å². The molecule has 2 nitrogen and oxygen atoms in total. The smallest absolute Gasteiger partial charge is 0.119 e. The molecular formula is C22H32O2. The highest BCUT2D eigenvalue weighted by molar-refractivity contribution is 5.41. The second kappa shape index (κ2) is 5.76. The molecule has 7 atom stereocenters. The van der Waals surface area contributed by atoms with Crippen molar-refractivity contribution in [1.29, 1.82) is 0 Å². The third kappa shape index (κ3) is 2.18. The van der Waals surface area contributed by atoms with E-state index in [4.69, 9.17) is 4.74 Å². The molecule has 0 amide bonds. The largest absolute Gasteiger partial charge is 0.497 e. The van der Waals surface area contributed by atoms with E-state index < -0.39 is 0 Å². The number of hydrogen-bond donors (Lipinski definition) is 1. The van der Waals surface area contributed by atoms with Gasteiger partial charge >= 0.3 is 0 Å². The summed E-state index contributed by atoms with van der Waals surface area (Å²) in [6, 6.07) is 6.75. The summed E-state index contributed by atoms with van der Waals surface area (Å²) in [6.45, 7) is 7.68. The van der Waals surface area contributed by atoms with Gasteiger partial charge in [0.05, 0.1) is 7.11 Å². The second-order valence-electron chi connectivity index (χ2n) is 9.08. The van der Waals surface area contributed by atoms with Gasteiger partial charge in [-0.25, -0.2) is 0 Å². The molecule has 4 rings (SSSR count). The minimum Gasteiger partial charge on any atom is -0.497 e. The van der Waals surface area contributed by atoms with Crippen LogP contribution in [0, 0.1) is 35.0 Å². The number of hydrogen-bond acceptors (Lipinski definition) is 2. The minimum atomic E-state index is 0.341. The van der Waals surface area contributed by atoms with Gasteiger partial charge in [-0.1, -0.05) is 26.8 Å². The molecule has 1 aromatic carbocycles. The molecule has 2 saturated carbocycles. The number of benzene rings is 1. The molecule has 2 heteroatoms.